The molecule has 0 unspecified atom stereocenters. The normalized spacial score (nSPS) is 18.1. The van der Waals surface area contributed by atoms with E-state index in [1.807, 2.05) is 18.2 Å². The van der Waals surface area contributed by atoms with E-state index >= 15 is 0 Å². The topological polar surface area (TPSA) is 67.4 Å². The number of ether oxygens (including phenoxy) is 1. The Labute approximate surface area is 179 Å². The van der Waals surface area contributed by atoms with Gasteiger partial charge < -0.3 is 15.4 Å². The van der Waals surface area contributed by atoms with Crippen molar-refractivity contribution in [2.75, 3.05) is 23.8 Å². The zero-order valence-electron chi connectivity index (χ0n) is 15.8. The van der Waals surface area contributed by atoms with E-state index in [1.54, 1.807) is 24.3 Å². The quantitative estimate of drug-likeness (QED) is 0.695. The van der Waals surface area contributed by atoms with Crippen LogP contribution in [0.15, 0.2) is 42.5 Å². The minimum Gasteiger partial charge on any atom is -0.381 e. The van der Waals surface area contributed by atoms with E-state index in [1.165, 1.54) is 0 Å². The van der Waals surface area contributed by atoms with E-state index in [2.05, 4.69) is 10.6 Å². The molecule has 0 atom stereocenters. The highest BCUT2D eigenvalue weighted by Crippen LogP contribution is 2.40. The van der Waals surface area contributed by atoms with Crippen molar-refractivity contribution in [2.24, 2.45) is 5.92 Å². The van der Waals surface area contributed by atoms with Gasteiger partial charge in [-0.1, -0.05) is 35.3 Å². The third-order valence-electron chi connectivity index (χ3n) is 5.56. The van der Waals surface area contributed by atoms with E-state index in [0.717, 1.165) is 18.4 Å². The molecule has 0 spiro atoms. The Bertz CT molecular complexity index is 937. The predicted octanol–water partition coefficient (Wildman–Crippen LogP) is 5.03. The SMILES string of the molecule is O=C(Nc1cccc(NC(=O)C2(c3ccc(Cl)cc3Cl)CCOCC2)c1)C1CC1. The number of rotatable bonds is 5. The van der Waals surface area contributed by atoms with E-state index in [-0.39, 0.29) is 17.7 Å². The average Bonchev–Trinajstić information content (AvgIpc) is 3.54. The van der Waals surface area contributed by atoms with Gasteiger partial charge in [-0.3, -0.25) is 9.59 Å². The van der Waals surface area contributed by atoms with E-state index < -0.39 is 5.41 Å². The van der Waals surface area contributed by atoms with Gasteiger partial charge in [0.2, 0.25) is 11.8 Å². The van der Waals surface area contributed by atoms with Crippen molar-refractivity contribution in [3.05, 3.63) is 58.1 Å². The number of carbonyl (C=O) groups excluding carboxylic acids is 2. The number of halogens is 2. The molecule has 2 aliphatic rings. The fraction of sp³-hybridized carbons (Fsp3) is 0.364. The van der Waals surface area contributed by atoms with Crippen LogP contribution in [0.2, 0.25) is 10.0 Å². The van der Waals surface area contributed by atoms with Crippen LogP contribution >= 0.6 is 23.2 Å². The lowest BCUT2D eigenvalue weighted by atomic mass is 9.73. The number of hydrogen-bond donors (Lipinski definition) is 2. The summed E-state index contributed by atoms with van der Waals surface area (Å²) < 4.78 is 5.50. The fourth-order valence-electron chi connectivity index (χ4n) is 3.73. The first-order chi connectivity index (χ1) is 14.0. The molecule has 0 aromatic heterocycles. The first-order valence-corrected chi connectivity index (χ1v) is 10.5. The molecule has 2 amide bonds. The highest BCUT2D eigenvalue weighted by atomic mass is 35.5. The van der Waals surface area contributed by atoms with Crippen LogP contribution < -0.4 is 10.6 Å². The first-order valence-electron chi connectivity index (χ1n) is 9.74. The monoisotopic (exact) mass is 432 g/mol. The summed E-state index contributed by atoms with van der Waals surface area (Å²) in [7, 11) is 0. The van der Waals surface area contributed by atoms with Crippen molar-refractivity contribution in [3.8, 4) is 0 Å². The number of amides is 2. The van der Waals surface area contributed by atoms with Crippen molar-refractivity contribution in [2.45, 2.75) is 31.1 Å². The minimum atomic E-state index is -0.798. The Morgan fingerprint density at radius 1 is 0.966 bits per heavy atom. The molecular weight excluding hydrogens is 411 g/mol. The maximum atomic E-state index is 13.4. The summed E-state index contributed by atoms with van der Waals surface area (Å²) in [5, 5.41) is 6.92. The zero-order valence-corrected chi connectivity index (χ0v) is 17.4. The Morgan fingerprint density at radius 3 is 2.31 bits per heavy atom. The van der Waals surface area contributed by atoms with Crippen molar-refractivity contribution < 1.29 is 14.3 Å². The van der Waals surface area contributed by atoms with Crippen LogP contribution in [-0.2, 0) is 19.7 Å². The largest absolute Gasteiger partial charge is 0.381 e. The van der Waals surface area contributed by atoms with Crippen molar-refractivity contribution in [1.29, 1.82) is 0 Å². The van der Waals surface area contributed by atoms with Gasteiger partial charge in [-0.25, -0.2) is 0 Å². The maximum absolute atomic E-state index is 13.4. The highest BCUT2D eigenvalue weighted by Gasteiger charge is 2.43. The molecule has 2 fully saturated rings. The Hall–Kier alpha value is -2.08. The number of carbonyl (C=O) groups is 2. The van der Waals surface area contributed by atoms with Crippen molar-refractivity contribution in [1.82, 2.24) is 0 Å². The molecule has 152 valence electrons. The molecule has 1 aliphatic carbocycles. The smallest absolute Gasteiger partial charge is 0.235 e. The predicted molar refractivity (Wildman–Crippen MR) is 115 cm³/mol. The summed E-state index contributed by atoms with van der Waals surface area (Å²) in [6.45, 7) is 0.952. The van der Waals surface area contributed by atoms with Crippen LogP contribution in [0.25, 0.3) is 0 Å². The van der Waals surface area contributed by atoms with Gasteiger partial charge >= 0.3 is 0 Å². The molecule has 2 N–H and O–H groups in total. The summed E-state index contributed by atoms with van der Waals surface area (Å²) in [6, 6.07) is 12.4. The molecular formula is C22H22Cl2N2O3. The standard InChI is InChI=1S/C22H22Cl2N2O3/c23-15-6-7-18(19(24)12-15)22(8-10-29-11-9-22)21(28)26-17-3-1-2-16(13-17)25-20(27)14-4-5-14/h1-3,6-7,12-14H,4-5,8-11H2,(H,25,27)(H,26,28). The van der Waals surface area contributed by atoms with Gasteiger partial charge in [0.25, 0.3) is 0 Å². The van der Waals surface area contributed by atoms with Gasteiger partial charge in [-0.05, 0) is 61.6 Å². The molecule has 4 rings (SSSR count). The zero-order chi connectivity index (χ0) is 20.4. The first kappa shape index (κ1) is 20.2. The second kappa shape index (κ2) is 8.34. The van der Waals surface area contributed by atoms with Gasteiger partial charge in [0.1, 0.15) is 0 Å². The Kier molecular flexibility index (Phi) is 5.81. The Morgan fingerprint density at radius 2 is 1.66 bits per heavy atom. The van der Waals surface area contributed by atoms with Crippen molar-refractivity contribution in [3.63, 3.8) is 0 Å². The number of benzene rings is 2. The van der Waals surface area contributed by atoms with Gasteiger partial charge in [-0.2, -0.15) is 0 Å². The Balaban J connectivity index is 1.58. The van der Waals surface area contributed by atoms with Gasteiger partial charge in [0.15, 0.2) is 0 Å². The number of anilines is 2. The third-order valence-corrected chi connectivity index (χ3v) is 6.11. The summed E-state index contributed by atoms with van der Waals surface area (Å²) in [6.07, 6.45) is 2.93. The molecule has 1 aliphatic heterocycles. The van der Waals surface area contributed by atoms with Crippen LogP contribution in [0.4, 0.5) is 11.4 Å². The molecule has 0 bridgehead atoms. The fourth-order valence-corrected chi connectivity index (χ4v) is 4.32. The molecule has 2 aromatic carbocycles. The molecule has 7 heteroatoms. The lowest BCUT2D eigenvalue weighted by Crippen LogP contribution is -2.45. The maximum Gasteiger partial charge on any atom is 0.235 e. The van der Waals surface area contributed by atoms with Crippen molar-refractivity contribution >= 4 is 46.4 Å². The van der Waals surface area contributed by atoms with Gasteiger partial charge in [0, 0.05) is 40.6 Å². The van der Waals surface area contributed by atoms with E-state index in [0.29, 0.717) is 47.5 Å². The van der Waals surface area contributed by atoms with E-state index in [4.69, 9.17) is 27.9 Å². The highest BCUT2D eigenvalue weighted by molar-refractivity contribution is 6.35. The summed E-state index contributed by atoms with van der Waals surface area (Å²) in [5.41, 5.74) is 1.25. The van der Waals surface area contributed by atoms with Crippen LogP contribution in [0.3, 0.4) is 0 Å². The van der Waals surface area contributed by atoms with Gasteiger partial charge in [-0.15, -0.1) is 0 Å². The summed E-state index contributed by atoms with van der Waals surface area (Å²) >= 11 is 12.5. The van der Waals surface area contributed by atoms with Crippen LogP contribution in [0.1, 0.15) is 31.2 Å². The molecule has 1 heterocycles. The van der Waals surface area contributed by atoms with Crippen LogP contribution in [0, 0.1) is 5.92 Å². The van der Waals surface area contributed by atoms with Gasteiger partial charge in [0.05, 0.1) is 5.41 Å². The molecule has 1 saturated heterocycles. The second-order valence-electron chi connectivity index (χ2n) is 7.62. The van der Waals surface area contributed by atoms with Crippen LogP contribution in [0.5, 0.6) is 0 Å². The number of nitrogens with one attached hydrogen (secondary N) is 2. The molecule has 0 radical (unpaired) electrons. The lowest BCUT2D eigenvalue weighted by molar-refractivity contribution is -0.125. The third kappa shape index (κ3) is 4.42. The lowest BCUT2D eigenvalue weighted by Gasteiger charge is -2.36. The number of hydrogen-bond acceptors (Lipinski definition) is 3. The minimum absolute atomic E-state index is 0.0299. The molecule has 1 saturated carbocycles. The summed E-state index contributed by atoms with van der Waals surface area (Å²) in [4.78, 5) is 25.5. The average molecular weight is 433 g/mol. The second-order valence-corrected chi connectivity index (χ2v) is 8.46. The summed E-state index contributed by atoms with van der Waals surface area (Å²) in [5.74, 6) is 0.00353. The molecule has 2 aromatic rings. The molecule has 29 heavy (non-hydrogen) atoms. The van der Waals surface area contributed by atoms with Crippen LogP contribution in [-0.4, -0.2) is 25.0 Å². The molecule has 5 nitrogen and oxygen atoms in total. The van der Waals surface area contributed by atoms with E-state index in [9.17, 15) is 9.59 Å².